The van der Waals surface area contributed by atoms with Crippen molar-refractivity contribution in [2.75, 3.05) is 18.6 Å². The Bertz CT molecular complexity index is 844. The van der Waals surface area contributed by atoms with Crippen molar-refractivity contribution in [1.82, 2.24) is 0 Å². The van der Waals surface area contributed by atoms with Gasteiger partial charge in [0.15, 0.2) is 0 Å². The summed E-state index contributed by atoms with van der Waals surface area (Å²) >= 11 is 0. The summed E-state index contributed by atoms with van der Waals surface area (Å²) in [6.45, 7) is 1.04. The monoisotopic (exact) mass is 405 g/mol. The average molecular weight is 405 g/mol. The van der Waals surface area contributed by atoms with E-state index >= 15 is 0 Å². The number of hydrogen-bond donors (Lipinski definition) is 0. The van der Waals surface area contributed by atoms with Gasteiger partial charge in [-0.05, 0) is 36.8 Å². The lowest BCUT2D eigenvalue weighted by molar-refractivity contribution is -0.205. The van der Waals surface area contributed by atoms with Gasteiger partial charge in [-0.2, -0.15) is 13.2 Å². The zero-order valence-corrected chi connectivity index (χ0v) is 16.2. The predicted octanol–water partition coefficient (Wildman–Crippen LogP) is 4.59. The Hall–Kier alpha value is -3.14. The standard InChI is InChI=1S/C22H22F3NO3/c1-4-15-21(22(23,24)25,20(27)29-5-2)26(16-17-9-7-6-8-10-17)18-11-13-19(28-3)14-12-18/h1,6-14H,5,15-16H2,2-3H3. The fourth-order valence-corrected chi connectivity index (χ4v) is 3.02. The van der Waals surface area contributed by atoms with Gasteiger partial charge in [-0.15, -0.1) is 12.3 Å². The van der Waals surface area contributed by atoms with Gasteiger partial charge in [0.1, 0.15) is 5.75 Å². The number of anilines is 1. The summed E-state index contributed by atoms with van der Waals surface area (Å²) in [7, 11) is 1.45. The molecule has 4 nitrogen and oxygen atoms in total. The van der Waals surface area contributed by atoms with Crippen LogP contribution in [0.25, 0.3) is 0 Å². The van der Waals surface area contributed by atoms with Gasteiger partial charge in [0.05, 0.1) is 20.1 Å². The molecule has 1 unspecified atom stereocenters. The minimum atomic E-state index is -4.99. The maximum absolute atomic E-state index is 14.5. The van der Waals surface area contributed by atoms with Crippen molar-refractivity contribution < 1.29 is 27.4 Å². The fourth-order valence-electron chi connectivity index (χ4n) is 3.02. The molecule has 2 rings (SSSR count). The highest BCUT2D eigenvalue weighted by Crippen LogP contribution is 2.43. The lowest BCUT2D eigenvalue weighted by Gasteiger charge is -2.43. The zero-order valence-electron chi connectivity index (χ0n) is 16.2. The van der Waals surface area contributed by atoms with Crippen LogP contribution in [0.4, 0.5) is 18.9 Å². The van der Waals surface area contributed by atoms with Gasteiger partial charge >= 0.3 is 12.1 Å². The molecule has 0 aliphatic heterocycles. The molecule has 0 N–H and O–H groups in total. The third-order valence-corrected chi connectivity index (χ3v) is 4.47. The molecule has 0 spiro atoms. The van der Waals surface area contributed by atoms with Gasteiger partial charge in [0.25, 0.3) is 0 Å². The maximum Gasteiger partial charge on any atom is 0.423 e. The molecule has 0 amide bonds. The zero-order chi connectivity index (χ0) is 21.5. The molecular formula is C22H22F3NO3. The summed E-state index contributed by atoms with van der Waals surface area (Å²) < 4.78 is 53.3. The summed E-state index contributed by atoms with van der Waals surface area (Å²) in [6, 6.07) is 14.5. The molecule has 0 bridgehead atoms. The topological polar surface area (TPSA) is 38.8 Å². The van der Waals surface area contributed by atoms with Crippen molar-refractivity contribution in [3.05, 3.63) is 60.2 Å². The van der Waals surface area contributed by atoms with Gasteiger partial charge in [-0.25, -0.2) is 4.79 Å². The number of ether oxygens (including phenoxy) is 2. The number of terminal acetylenes is 1. The van der Waals surface area contributed by atoms with E-state index in [1.807, 2.05) is 5.92 Å². The number of carbonyl (C=O) groups excluding carboxylic acids is 1. The second-order valence-corrected chi connectivity index (χ2v) is 6.23. The summed E-state index contributed by atoms with van der Waals surface area (Å²) in [5, 5.41) is 0. The Labute approximate surface area is 168 Å². The highest BCUT2D eigenvalue weighted by atomic mass is 19.4. The Balaban J connectivity index is 2.70. The van der Waals surface area contributed by atoms with Crippen LogP contribution in [0.3, 0.4) is 0 Å². The molecule has 0 heterocycles. The molecule has 2 aromatic rings. The van der Waals surface area contributed by atoms with Crippen molar-refractivity contribution >= 4 is 11.7 Å². The number of methoxy groups -OCH3 is 1. The molecule has 7 heteroatoms. The van der Waals surface area contributed by atoms with Crippen molar-refractivity contribution in [3.8, 4) is 18.1 Å². The second kappa shape index (κ2) is 9.37. The number of esters is 1. The smallest absolute Gasteiger partial charge is 0.423 e. The molecule has 0 radical (unpaired) electrons. The number of alkyl halides is 3. The van der Waals surface area contributed by atoms with E-state index in [2.05, 4.69) is 0 Å². The molecule has 0 saturated heterocycles. The van der Waals surface area contributed by atoms with E-state index in [1.165, 1.54) is 38.3 Å². The van der Waals surface area contributed by atoms with E-state index < -0.39 is 24.1 Å². The van der Waals surface area contributed by atoms with Crippen LogP contribution in [-0.2, 0) is 16.1 Å². The number of halogens is 3. The summed E-state index contributed by atoms with van der Waals surface area (Å²) in [5.74, 6) is 1.06. The molecule has 154 valence electrons. The van der Waals surface area contributed by atoms with Crippen molar-refractivity contribution in [3.63, 3.8) is 0 Å². The molecule has 1 atom stereocenters. The third kappa shape index (κ3) is 4.65. The minimum Gasteiger partial charge on any atom is -0.497 e. The highest BCUT2D eigenvalue weighted by molar-refractivity contribution is 5.87. The van der Waals surface area contributed by atoms with E-state index in [4.69, 9.17) is 15.9 Å². The van der Waals surface area contributed by atoms with Crippen LogP contribution < -0.4 is 9.64 Å². The first kappa shape index (κ1) is 22.2. The number of benzene rings is 2. The Morgan fingerprint density at radius 3 is 2.21 bits per heavy atom. The van der Waals surface area contributed by atoms with Crippen LogP contribution in [0.5, 0.6) is 5.75 Å². The first-order chi connectivity index (χ1) is 13.8. The van der Waals surface area contributed by atoms with Crippen molar-refractivity contribution in [1.29, 1.82) is 0 Å². The Kier molecular flexibility index (Phi) is 7.16. The first-order valence-electron chi connectivity index (χ1n) is 8.93. The molecule has 0 saturated carbocycles. The van der Waals surface area contributed by atoms with Gasteiger partial charge in [0, 0.05) is 12.2 Å². The summed E-state index contributed by atoms with van der Waals surface area (Å²) in [5.41, 5.74) is -2.30. The lowest BCUT2D eigenvalue weighted by atomic mass is 9.90. The molecule has 29 heavy (non-hydrogen) atoms. The number of nitrogens with zero attached hydrogens (tertiary/aromatic N) is 1. The van der Waals surface area contributed by atoms with Gasteiger partial charge in [-0.3, -0.25) is 0 Å². The molecule has 0 aliphatic carbocycles. The van der Waals surface area contributed by atoms with E-state index in [0.29, 0.717) is 11.3 Å². The fraction of sp³-hybridized carbons (Fsp3) is 0.318. The molecule has 0 aliphatic rings. The second-order valence-electron chi connectivity index (χ2n) is 6.23. The van der Waals surface area contributed by atoms with Crippen LogP contribution in [-0.4, -0.2) is 31.4 Å². The van der Waals surface area contributed by atoms with E-state index in [0.717, 1.165) is 4.90 Å². The van der Waals surface area contributed by atoms with Crippen LogP contribution >= 0.6 is 0 Å². The lowest BCUT2D eigenvalue weighted by Crippen LogP contribution is -2.64. The van der Waals surface area contributed by atoms with E-state index in [1.54, 1.807) is 30.3 Å². The SMILES string of the molecule is C#CCC(C(=O)OCC)(N(Cc1ccccc1)c1ccc(OC)cc1)C(F)(F)F. The largest absolute Gasteiger partial charge is 0.497 e. The van der Waals surface area contributed by atoms with Gasteiger partial charge in [-0.1, -0.05) is 30.3 Å². The molecule has 0 aromatic heterocycles. The predicted molar refractivity (Wildman–Crippen MR) is 104 cm³/mol. The molecule has 2 aromatic carbocycles. The van der Waals surface area contributed by atoms with Crippen LogP contribution in [0.15, 0.2) is 54.6 Å². The number of rotatable bonds is 8. The Morgan fingerprint density at radius 2 is 1.72 bits per heavy atom. The minimum absolute atomic E-state index is 0.162. The summed E-state index contributed by atoms with van der Waals surface area (Å²) in [6.07, 6.45) is -0.585. The maximum atomic E-state index is 14.5. The van der Waals surface area contributed by atoms with Crippen LogP contribution in [0.2, 0.25) is 0 Å². The Morgan fingerprint density at radius 1 is 1.10 bits per heavy atom. The summed E-state index contributed by atoms with van der Waals surface area (Å²) in [4.78, 5) is 13.7. The average Bonchev–Trinajstić information content (AvgIpc) is 2.70. The number of hydrogen-bond acceptors (Lipinski definition) is 4. The third-order valence-electron chi connectivity index (χ3n) is 4.47. The molecular weight excluding hydrogens is 383 g/mol. The van der Waals surface area contributed by atoms with Gasteiger partial charge in [0.2, 0.25) is 5.54 Å². The van der Waals surface area contributed by atoms with Crippen LogP contribution in [0, 0.1) is 12.3 Å². The quantitative estimate of drug-likeness (QED) is 0.476. The van der Waals surface area contributed by atoms with E-state index in [-0.39, 0.29) is 18.8 Å². The molecule has 0 fully saturated rings. The highest BCUT2D eigenvalue weighted by Gasteiger charge is 2.65. The first-order valence-corrected chi connectivity index (χ1v) is 8.93. The van der Waals surface area contributed by atoms with Gasteiger partial charge < -0.3 is 14.4 Å². The van der Waals surface area contributed by atoms with E-state index in [9.17, 15) is 18.0 Å². The normalized spacial score (nSPS) is 13.1. The van der Waals surface area contributed by atoms with Crippen LogP contribution in [0.1, 0.15) is 18.9 Å². The van der Waals surface area contributed by atoms with Crippen molar-refractivity contribution in [2.24, 2.45) is 0 Å². The van der Waals surface area contributed by atoms with Crippen molar-refractivity contribution in [2.45, 2.75) is 31.6 Å². The number of carbonyl (C=O) groups is 1.